The molecule has 3 rings (SSSR count). The van der Waals surface area contributed by atoms with Crippen molar-refractivity contribution in [2.24, 2.45) is 0 Å². The Bertz CT molecular complexity index is 708. The molecule has 0 amide bonds. The third-order valence-electron chi connectivity index (χ3n) is 3.49. The Morgan fingerprint density at radius 3 is 2.82 bits per heavy atom. The van der Waals surface area contributed by atoms with Gasteiger partial charge in [0.15, 0.2) is 0 Å². The molecule has 0 spiro atoms. The summed E-state index contributed by atoms with van der Waals surface area (Å²) < 4.78 is 11.0. The number of furan rings is 1. The molecule has 0 aliphatic carbocycles. The highest BCUT2D eigenvalue weighted by molar-refractivity contribution is 5.78. The van der Waals surface area contributed by atoms with Crippen LogP contribution in [0.3, 0.4) is 0 Å². The van der Waals surface area contributed by atoms with Crippen LogP contribution >= 0.6 is 0 Å². The van der Waals surface area contributed by atoms with E-state index in [0.29, 0.717) is 19.7 Å². The minimum atomic E-state index is -0.497. The Kier molecular flexibility index (Phi) is 4.73. The fraction of sp³-hybridized carbons (Fsp3) is 0.222. The highest BCUT2D eigenvalue weighted by atomic mass is 16.5. The summed E-state index contributed by atoms with van der Waals surface area (Å²) in [5.74, 6) is 0.819. The topological polar surface area (TPSA) is 54.6 Å². The third-order valence-corrected chi connectivity index (χ3v) is 3.49. The van der Waals surface area contributed by atoms with Gasteiger partial charge >= 0.3 is 0 Å². The third kappa shape index (κ3) is 3.67. The average Bonchev–Trinajstić information content (AvgIpc) is 3.03. The molecule has 1 unspecified atom stereocenters. The number of ether oxygens (including phenoxy) is 1. The molecule has 114 valence electrons. The number of aliphatic hydroxyl groups excluding tert-OH is 1. The maximum absolute atomic E-state index is 10.0. The summed E-state index contributed by atoms with van der Waals surface area (Å²) in [6.07, 6.45) is 1.17. The number of nitrogens with one attached hydrogen (secondary N) is 1. The van der Waals surface area contributed by atoms with Crippen molar-refractivity contribution in [2.75, 3.05) is 19.7 Å². The van der Waals surface area contributed by atoms with Crippen molar-refractivity contribution in [1.82, 2.24) is 5.32 Å². The SMILES string of the molecule is OC(CNCCOc1ccc2occc2c1)c1ccccc1. The summed E-state index contributed by atoms with van der Waals surface area (Å²) in [4.78, 5) is 0. The summed E-state index contributed by atoms with van der Waals surface area (Å²) in [7, 11) is 0. The van der Waals surface area contributed by atoms with Crippen molar-refractivity contribution in [3.05, 3.63) is 66.4 Å². The van der Waals surface area contributed by atoms with Crippen LogP contribution in [-0.2, 0) is 0 Å². The van der Waals surface area contributed by atoms with Crippen LogP contribution in [0.15, 0.2) is 65.3 Å². The van der Waals surface area contributed by atoms with Crippen LogP contribution in [-0.4, -0.2) is 24.8 Å². The van der Waals surface area contributed by atoms with Gasteiger partial charge in [-0.05, 0) is 29.8 Å². The van der Waals surface area contributed by atoms with Crippen molar-refractivity contribution in [1.29, 1.82) is 0 Å². The van der Waals surface area contributed by atoms with Crippen molar-refractivity contribution in [3.63, 3.8) is 0 Å². The largest absolute Gasteiger partial charge is 0.492 e. The summed E-state index contributed by atoms with van der Waals surface area (Å²) in [5, 5.41) is 14.2. The van der Waals surface area contributed by atoms with Gasteiger partial charge in [0.25, 0.3) is 0 Å². The smallest absolute Gasteiger partial charge is 0.134 e. The first-order valence-corrected chi connectivity index (χ1v) is 7.37. The van der Waals surface area contributed by atoms with E-state index in [9.17, 15) is 5.11 Å². The Balaban J connectivity index is 1.40. The number of benzene rings is 2. The lowest BCUT2D eigenvalue weighted by Gasteiger charge is -2.12. The second-order valence-corrected chi connectivity index (χ2v) is 5.10. The van der Waals surface area contributed by atoms with E-state index in [0.717, 1.165) is 22.3 Å². The number of hydrogen-bond acceptors (Lipinski definition) is 4. The van der Waals surface area contributed by atoms with E-state index in [2.05, 4.69) is 5.32 Å². The average molecular weight is 297 g/mol. The van der Waals surface area contributed by atoms with Crippen LogP contribution in [0, 0.1) is 0 Å². The van der Waals surface area contributed by atoms with E-state index in [-0.39, 0.29) is 0 Å². The summed E-state index contributed by atoms with van der Waals surface area (Å²) >= 11 is 0. The quantitative estimate of drug-likeness (QED) is 0.658. The lowest BCUT2D eigenvalue weighted by molar-refractivity contribution is 0.172. The predicted molar refractivity (Wildman–Crippen MR) is 86.0 cm³/mol. The Hall–Kier alpha value is -2.30. The molecule has 22 heavy (non-hydrogen) atoms. The Morgan fingerprint density at radius 2 is 1.95 bits per heavy atom. The fourth-order valence-electron chi connectivity index (χ4n) is 2.31. The molecule has 0 radical (unpaired) electrons. The van der Waals surface area contributed by atoms with Gasteiger partial charge in [-0.2, -0.15) is 0 Å². The van der Waals surface area contributed by atoms with Crippen LogP contribution in [0.25, 0.3) is 11.0 Å². The zero-order valence-electron chi connectivity index (χ0n) is 12.2. The van der Waals surface area contributed by atoms with E-state index in [1.165, 1.54) is 0 Å². The summed E-state index contributed by atoms with van der Waals surface area (Å²) in [6.45, 7) is 1.73. The molecule has 0 saturated heterocycles. The molecule has 0 aliphatic heterocycles. The molecule has 2 aromatic carbocycles. The Labute approximate surface area is 129 Å². The van der Waals surface area contributed by atoms with Crippen LogP contribution < -0.4 is 10.1 Å². The minimum absolute atomic E-state index is 0.497. The molecule has 2 N–H and O–H groups in total. The fourth-order valence-corrected chi connectivity index (χ4v) is 2.31. The molecular formula is C18H19NO3. The van der Waals surface area contributed by atoms with E-state index in [1.54, 1.807) is 6.26 Å². The van der Waals surface area contributed by atoms with E-state index < -0.39 is 6.10 Å². The van der Waals surface area contributed by atoms with Crippen LogP contribution in [0.4, 0.5) is 0 Å². The monoisotopic (exact) mass is 297 g/mol. The minimum Gasteiger partial charge on any atom is -0.492 e. The first-order chi connectivity index (χ1) is 10.8. The first kappa shape index (κ1) is 14.6. The molecule has 3 aromatic rings. The number of hydrogen-bond donors (Lipinski definition) is 2. The van der Waals surface area contributed by atoms with Crippen LogP contribution in [0.1, 0.15) is 11.7 Å². The highest BCUT2D eigenvalue weighted by Gasteiger charge is 2.05. The molecule has 4 heteroatoms. The second kappa shape index (κ2) is 7.11. The van der Waals surface area contributed by atoms with Crippen molar-refractivity contribution in [2.45, 2.75) is 6.10 Å². The van der Waals surface area contributed by atoms with Gasteiger partial charge in [0.2, 0.25) is 0 Å². The van der Waals surface area contributed by atoms with Crippen molar-refractivity contribution >= 4 is 11.0 Å². The van der Waals surface area contributed by atoms with Gasteiger partial charge in [0.05, 0.1) is 12.4 Å². The van der Waals surface area contributed by atoms with Gasteiger partial charge in [-0.15, -0.1) is 0 Å². The van der Waals surface area contributed by atoms with Crippen molar-refractivity contribution in [3.8, 4) is 5.75 Å². The number of rotatable bonds is 7. The molecule has 1 heterocycles. The summed E-state index contributed by atoms with van der Waals surface area (Å²) in [6, 6.07) is 17.3. The van der Waals surface area contributed by atoms with Gasteiger partial charge in [-0.25, -0.2) is 0 Å². The van der Waals surface area contributed by atoms with Gasteiger partial charge in [0, 0.05) is 18.5 Å². The van der Waals surface area contributed by atoms with Crippen molar-refractivity contribution < 1.29 is 14.3 Å². The van der Waals surface area contributed by atoms with Gasteiger partial charge < -0.3 is 19.6 Å². The molecule has 4 nitrogen and oxygen atoms in total. The zero-order chi connectivity index (χ0) is 15.2. The molecule has 1 aromatic heterocycles. The predicted octanol–water partition coefficient (Wildman–Crippen LogP) is 3.13. The maximum Gasteiger partial charge on any atom is 0.134 e. The second-order valence-electron chi connectivity index (χ2n) is 5.10. The lowest BCUT2D eigenvalue weighted by atomic mass is 10.1. The Morgan fingerprint density at radius 1 is 1.09 bits per heavy atom. The normalized spacial score (nSPS) is 12.4. The van der Waals surface area contributed by atoms with E-state index in [4.69, 9.17) is 9.15 Å². The highest BCUT2D eigenvalue weighted by Crippen LogP contribution is 2.21. The molecule has 0 saturated carbocycles. The van der Waals surface area contributed by atoms with Gasteiger partial charge in [-0.3, -0.25) is 0 Å². The van der Waals surface area contributed by atoms with Crippen LogP contribution in [0.2, 0.25) is 0 Å². The molecule has 0 fully saturated rings. The number of aliphatic hydroxyl groups is 1. The molecule has 0 aliphatic rings. The molecule has 0 bridgehead atoms. The lowest BCUT2D eigenvalue weighted by Crippen LogP contribution is -2.26. The first-order valence-electron chi connectivity index (χ1n) is 7.37. The zero-order valence-corrected chi connectivity index (χ0v) is 12.2. The summed E-state index contributed by atoms with van der Waals surface area (Å²) in [5.41, 5.74) is 1.78. The maximum atomic E-state index is 10.0. The van der Waals surface area contributed by atoms with Gasteiger partial charge in [-0.1, -0.05) is 30.3 Å². The molecular weight excluding hydrogens is 278 g/mol. The number of fused-ring (bicyclic) bond motifs is 1. The van der Waals surface area contributed by atoms with E-state index >= 15 is 0 Å². The van der Waals surface area contributed by atoms with Crippen LogP contribution in [0.5, 0.6) is 5.75 Å². The standard InChI is InChI=1S/C18H19NO3/c20-17(14-4-2-1-3-5-14)13-19-9-11-21-16-6-7-18-15(12-16)8-10-22-18/h1-8,10,12,17,19-20H,9,11,13H2. The van der Waals surface area contributed by atoms with Gasteiger partial charge in [0.1, 0.15) is 17.9 Å². The van der Waals surface area contributed by atoms with E-state index in [1.807, 2.05) is 54.6 Å². The molecule has 1 atom stereocenters.